The molecular weight excluding hydrogens is 1070 g/mol. The molecule has 0 saturated carbocycles. The van der Waals surface area contributed by atoms with Gasteiger partial charge in [-0.2, -0.15) is 10.1 Å². The van der Waals surface area contributed by atoms with Crippen molar-refractivity contribution in [3.8, 4) is 32.7 Å². The number of thiophene rings is 1. The number of hydrazone groups is 1. The van der Waals surface area contributed by atoms with Crippen LogP contribution < -0.4 is 9.91 Å². The highest BCUT2D eigenvalue weighted by Crippen LogP contribution is 2.58. The highest BCUT2D eigenvalue weighted by atomic mass is 32.1. The lowest BCUT2D eigenvalue weighted by Gasteiger charge is -2.35. The first-order valence-electron chi connectivity index (χ1n) is 33.7. The van der Waals surface area contributed by atoms with Crippen LogP contribution in [0, 0.1) is 0 Å². The van der Waals surface area contributed by atoms with Crippen LogP contribution in [0.5, 0.6) is 0 Å². The normalized spacial score (nSPS) is 14.8. The Labute approximate surface area is 519 Å². The minimum atomic E-state index is -1.23. The number of amides is 1. The molecule has 7 heteroatoms. The number of anilines is 4. The Bertz CT molecular complexity index is 3260. The van der Waals surface area contributed by atoms with E-state index in [9.17, 15) is 14.7 Å². The molecule has 10 rings (SSSR count). The van der Waals surface area contributed by atoms with Crippen molar-refractivity contribution in [1.82, 2.24) is 0 Å². The summed E-state index contributed by atoms with van der Waals surface area (Å²) < 4.78 is 0. The van der Waals surface area contributed by atoms with Crippen LogP contribution >= 0.6 is 11.3 Å². The van der Waals surface area contributed by atoms with Gasteiger partial charge in [-0.3, -0.25) is 4.79 Å². The highest BCUT2D eigenvalue weighted by molar-refractivity contribution is 7.16. The molecule has 0 radical (unpaired) electrons. The van der Waals surface area contributed by atoms with E-state index in [2.05, 4.69) is 153 Å². The van der Waals surface area contributed by atoms with Gasteiger partial charge in [0.2, 0.25) is 0 Å². The van der Waals surface area contributed by atoms with Gasteiger partial charge in [-0.15, -0.1) is 11.3 Å². The van der Waals surface area contributed by atoms with Gasteiger partial charge in [0.1, 0.15) is 0 Å². The number of aliphatic carboxylic acids is 1. The fourth-order valence-corrected chi connectivity index (χ4v) is 15.7. The summed E-state index contributed by atoms with van der Waals surface area (Å²) in [6, 6.07) is 56.0. The highest BCUT2D eigenvalue weighted by Gasteiger charge is 2.45. The topological polar surface area (TPSA) is 73.2 Å². The summed E-state index contributed by atoms with van der Waals surface area (Å²) in [4.78, 5) is 30.7. The minimum absolute atomic E-state index is 0.0673. The second kappa shape index (κ2) is 30.2. The molecular formula is C79H95N3O3S. The van der Waals surface area contributed by atoms with Gasteiger partial charge in [-0.25, -0.2) is 4.79 Å². The monoisotopic (exact) mass is 1170 g/mol. The Kier molecular flexibility index (Phi) is 21.8. The fourth-order valence-electron chi connectivity index (χ4n) is 14.7. The van der Waals surface area contributed by atoms with Crippen molar-refractivity contribution in [2.45, 2.75) is 218 Å². The van der Waals surface area contributed by atoms with E-state index in [4.69, 9.17) is 0 Å². The number of unbranched alkanes of at least 4 members (excludes halogenated alkanes) is 20. The third-order valence-electron chi connectivity index (χ3n) is 19.3. The molecule has 7 aromatic rings. The van der Waals surface area contributed by atoms with E-state index in [-0.39, 0.29) is 22.1 Å². The van der Waals surface area contributed by atoms with Crippen molar-refractivity contribution in [1.29, 1.82) is 0 Å². The predicted octanol–water partition coefficient (Wildman–Crippen LogP) is 23.3. The van der Waals surface area contributed by atoms with E-state index in [1.807, 2.05) is 24.3 Å². The molecule has 1 N–H and O–H groups in total. The molecule has 6 nitrogen and oxygen atoms in total. The third-order valence-corrected chi connectivity index (χ3v) is 20.3. The number of nitrogens with zero attached hydrogens (tertiary/aromatic N) is 3. The van der Waals surface area contributed by atoms with Crippen LogP contribution in [0.1, 0.15) is 235 Å². The Morgan fingerprint density at radius 2 is 0.872 bits per heavy atom. The second-order valence-electron chi connectivity index (χ2n) is 25.1. The molecule has 1 aliphatic heterocycles. The largest absolute Gasteiger partial charge is 0.476 e. The number of fused-ring (bicyclic) bond motifs is 6. The SMILES string of the molecule is CCCCCCCCC1(CCCCCCCC)c2ccccc2-c2ccc(N(c3ccc(-c4ccc(C=C5C(=O)N(c6ccccc6)N=C5C(=O)O)s4)cc3)c3ccc4c(c3)C(CCCCCCCC)(CCCCCCCC)c3ccccc3-4)cc21. The lowest BCUT2D eigenvalue weighted by Crippen LogP contribution is -2.26. The molecule has 1 amide bonds. The summed E-state index contributed by atoms with van der Waals surface area (Å²) in [5.74, 6) is -1.69. The van der Waals surface area contributed by atoms with Crippen LogP contribution in [0.15, 0.2) is 162 Å². The average Bonchev–Trinajstić information content (AvgIpc) is 1.64. The van der Waals surface area contributed by atoms with Crippen LogP contribution in [0.2, 0.25) is 0 Å². The summed E-state index contributed by atoms with van der Waals surface area (Å²) >= 11 is 1.55. The lowest BCUT2D eigenvalue weighted by atomic mass is 9.70. The van der Waals surface area contributed by atoms with Crippen LogP contribution in [0.3, 0.4) is 0 Å². The lowest BCUT2D eigenvalue weighted by molar-refractivity contribution is -0.129. The van der Waals surface area contributed by atoms with Crippen molar-refractivity contribution >= 4 is 57.8 Å². The first-order chi connectivity index (χ1) is 42.2. The number of benzene rings is 6. The molecule has 2 aliphatic carbocycles. The number of hydrogen-bond donors (Lipinski definition) is 1. The standard InChI is InChI=1S/C79H95N3O3S/c1-5-9-13-17-21-32-52-78(53-33-22-18-14-10-6-2)70-40-30-28-38-65(70)67-49-46-62(56-72(67)78)81(60-44-42-59(43-45-60)74-51-48-64(86-74)58-69-75(77(84)85)80-82(76(69)83)61-36-26-25-27-37-61)63-47-50-68-66-39-29-31-41-71(66)79(73(68)57-63,54-34-23-19-15-11-7-3)55-35-24-20-16-12-8-4/h25-31,36-51,56-58H,5-24,32-35,52-55H2,1-4H3,(H,84,85). The number of hydrogen-bond acceptors (Lipinski definition) is 5. The number of carbonyl (C=O) groups excluding carboxylic acids is 1. The molecule has 0 spiro atoms. The van der Waals surface area contributed by atoms with Crippen molar-refractivity contribution in [2.75, 3.05) is 9.91 Å². The molecule has 0 fully saturated rings. The third kappa shape index (κ3) is 13.8. The van der Waals surface area contributed by atoms with E-state index >= 15 is 0 Å². The first-order valence-corrected chi connectivity index (χ1v) is 34.5. The molecule has 0 atom stereocenters. The Hall–Kier alpha value is -6.83. The summed E-state index contributed by atoms with van der Waals surface area (Å²) in [6.07, 6.45) is 37.2. The number of carboxylic acids is 1. The fraction of sp³-hybridized carbons (Fsp3) is 0.430. The maximum absolute atomic E-state index is 13.8. The van der Waals surface area contributed by atoms with E-state index in [0.29, 0.717) is 5.69 Å². The van der Waals surface area contributed by atoms with Gasteiger partial charge >= 0.3 is 5.97 Å². The van der Waals surface area contributed by atoms with Crippen molar-refractivity contribution < 1.29 is 14.7 Å². The summed E-state index contributed by atoms with van der Waals surface area (Å²) in [7, 11) is 0. The maximum Gasteiger partial charge on any atom is 0.357 e. The summed E-state index contributed by atoms with van der Waals surface area (Å²) in [6.45, 7) is 9.27. The molecule has 450 valence electrons. The van der Waals surface area contributed by atoms with E-state index in [1.165, 1.54) is 215 Å². The van der Waals surface area contributed by atoms with Crippen molar-refractivity contribution in [3.63, 3.8) is 0 Å². The first kappa shape index (κ1) is 62.2. The number of para-hydroxylation sites is 1. The van der Waals surface area contributed by atoms with Gasteiger partial charge in [0.15, 0.2) is 5.71 Å². The van der Waals surface area contributed by atoms with Crippen molar-refractivity contribution in [2.24, 2.45) is 5.10 Å². The second-order valence-corrected chi connectivity index (χ2v) is 26.3. The average molecular weight is 1170 g/mol. The van der Waals surface area contributed by atoms with Gasteiger partial charge in [0.25, 0.3) is 5.91 Å². The molecule has 0 saturated heterocycles. The molecule has 2 heterocycles. The zero-order chi connectivity index (χ0) is 59.7. The zero-order valence-corrected chi connectivity index (χ0v) is 53.1. The van der Waals surface area contributed by atoms with Gasteiger partial charge in [-0.1, -0.05) is 273 Å². The van der Waals surface area contributed by atoms with Crippen molar-refractivity contribution in [3.05, 3.63) is 184 Å². The van der Waals surface area contributed by atoms with E-state index < -0.39 is 11.9 Å². The van der Waals surface area contributed by atoms with Crippen LogP contribution in [-0.2, 0) is 20.4 Å². The maximum atomic E-state index is 13.8. The molecule has 1 aromatic heterocycles. The molecule has 6 aromatic carbocycles. The smallest absolute Gasteiger partial charge is 0.357 e. The number of carboxylic acid groups (broad SMARTS) is 1. The molecule has 86 heavy (non-hydrogen) atoms. The van der Waals surface area contributed by atoms with Gasteiger partial charge < -0.3 is 10.0 Å². The number of carbonyl (C=O) groups is 2. The number of rotatable bonds is 35. The Morgan fingerprint density at radius 3 is 1.33 bits per heavy atom. The van der Waals surface area contributed by atoms with E-state index in [0.717, 1.165) is 46.7 Å². The quantitative estimate of drug-likeness (QED) is 0.0317. The molecule has 0 bridgehead atoms. The van der Waals surface area contributed by atoms with Crippen LogP contribution in [-0.4, -0.2) is 22.7 Å². The van der Waals surface area contributed by atoms with Gasteiger partial charge in [0, 0.05) is 37.6 Å². The summed E-state index contributed by atoms with van der Waals surface area (Å²) in [5.41, 5.74) is 16.4. The summed E-state index contributed by atoms with van der Waals surface area (Å²) in [5, 5.41) is 15.7. The molecule has 0 unspecified atom stereocenters. The minimum Gasteiger partial charge on any atom is -0.476 e. The Morgan fingerprint density at radius 1 is 0.465 bits per heavy atom. The predicted molar refractivity (Wildman–Crippen MR) is 366 cm³/mol. The van der Waals surface area contributed by atoms with Crippen LogP contribution in [0.25, 0.3) is 38.8 Å². The molecule has 3 aliphatic rings. The van der Waals surface area contributed by atoms with Gasteiger partial charge in [-0.05, 0) is 142 Å². The Balaban J connectivity index is 1.07. The zero-order valence-electron chi connectivity index (χ0n) is 52.3. The van der Waals surface area contributed by atoms with E-state index in [1.54, 1.807) is 29.5 Å². The van der Waals surface area contributed by atoms with Gasteiger partial charge in [0.05, 0.1) is 11.3 Å². The van der Waals surface area contributed by atoms with Crippen LogP contribution in [0.4, 0.5) is 22.7 Å².